The number of ether oxygens (including phenoxy) is 1. The fourth-order valence-electron chi connectivity index (χ4n) is 3.45. The Kier molecular flexibility index (Phi) is 6.69. The Hall–Kier alpha value is -4.05. The number of carbonyl (C=O) groups excluding carboxylic acids is 2. The van der Waals surface area contributed by atoms with Gasteiger partial charge in [0.15, 0.2) is 0 Å². The van der Waals surface area contributed by atoms with Gasteiger partial charge in [-0.15, -0.1) is 11.3 Å². The van der Waals surface area contributed by atoms with Crippen LogP contribution in [-0.2, 0) is 17.9 Å². The third-order valence-electron chi connectivity index (χ3n) is 5.18. The Morgan fingerprint density at radius 2 is 1.88 bits per heavy atom. The number of nitrogens with one attached hydrogen (secondary N) is 2. The molecule has 2 heterocycles. The van der Waals surface area contributed by atoms with Crippen LogP contribution in [0.1, 0.15) is 20.8 Å². The highest BCUT2D eigenvalue weighted by atomic mass is 32.1. The summed E-state index contributed by atoms with van der Waals surface area (Å²) in [5.41, 5.74) is 1.32. The average molecular weight is 481 g/mol. The van der Waals surface area contributed by atoms with E-state index in [1.807, 2.05) is 0 Å². The number of anilines is 1. The molecule has 0 aliphatic carbocycles. The van der Waals surface area contributed by atoms with Crippen molar-refractivity contribution in [2.45, 2.75) is 20.0 Å². The van der Waals surface area contributed by atoms with Crippen LogP contribution < -0.4 is 20.9 Å². The highest BCUT2D eigenvalue weighted by Crippen LogP contribution is 2.27. The van der Waals surface area contributed by atoms with Crippen molar-refractivity contribution in [2.75, 3.05) is 12.4 Å². The molecule has 0 spiro atoms. The van der Waals surface area contributed by atoms with Gasteiger partial charge in [0.25, 0.3) is 11.5 Å². The molecule has 2 amide bonds. The maximum atomic E-state index is 13.1. The molecular weight excluding hydrogens is 459 g/mol. The van der Waals surface area contributed by atoms with Crippen LogP contribution in [-0.4, -0.2) is 28.5 Å². The molecule has 2 aromatic heterocycles. The number of fused-ring (bicyclic) bond motifs is 1. The van der Waals surface area contributed by atoms with E-state index in [0.717, 1.165) is 16.9 Å². The van der Waals surface area contributed by atoms with Crippen molar-refractivity contribution in [2.24, 2.45) is 0 Å². The van der Waals surface area contributed by atoms with Gasteiger partial charge in [-0.05, 0) is 42.3 Å². The summed E-state index contributed by atoms with van der Waals surface area (Å²) >= 11 is 1.11. The standard InChI is InChI=1S/C24H21FN4O4S/c1-14-20-23(34-21(14)22(31)26-11-15-7-9-16(25)10-8-15)27-13-29(24(20)32)12-19(30)28-17-5-3-4-6-18(17)33-2/h3-10,13H,11-12H2,1-2H3,(H,26,31)(H,28,30). The molecule has 0 aliphatic heterocycles. The molecule has 4 rings (SSSR count). The summed E-state index contributed by atoms with van der Waals surface area (Å²) in [6.45, 7) is 1.64. The number of hydrogen-bond donors (Lipinski definition) is 2. The molecule has 2 aromatic carbocycles. The largest absolute Gasteiger partial charge is 0.495 e. The Balaban J connectivity index is 1.52. The third kappa shape index (κ3) is 4.81. The van der Waals surface area contributed by atoms with Crippen molar-refractivity contribution in [3.05, 3.63) is 87.0 Å². The van der Waals surface area contributed by atoms with Crippen LogP contribution in [0.5, 0.6) is 5.75 Å². The molecule has 0 atom stereocenters. The Labute approximate surface area is 198 Å². The number of benzene rings is 2. The van der Waals surface area contributed by atoms with Crippen molar-refractivity contribution in [3.63, 3.8) is 0 Å². The smallest absolute Gasteiger partial charge is 0.262 e. The normalized spacial score (nSPS) is 10.8. The fourth-order valence-corrected chi connectivity index (χ4v) is 4.50. The summed E-state index contributed by atoms with van der Waals surface area (Å²) in [4.78, 5) is 43.4. The Morgan fingerprint density at radius 3 is 2.62 bits per heavy atom. The quantitative estimate of drug-likeness (QED) is 0.422. The molecule has 4 aromatic rings. The molecule has 0 aliphatic rings. The maximum Gasteiger partial charge on any atom is 0.262 e. The second-order valence-corrected chi connectivity index (χ2v) is 8.47. The van der Waals surface area contributed by atoms with Gasteiger partial charge in [-0.25, -0.2) is 9.37 Å². The lowest BCUT2D eigenvalue weighted by molar-refractivity contribution is -0.116. The molecule has 0 saturated heterocycles. The topological polar surface area (TPSA) is 102 Å². The third-order valence-corrected chi connectivity index (χ3v) is 6.38. The van der Waals surface area contributed by atoms with E-state index in [2.05, 4.69) is 15.6 Å². The molecule has 0 unspecified atom stereocenters. The minimum atomic E-state index is -0.419. The van der Waals surface area contributed by atoms with Crippen LogP contribution >= 0.6 is 11.3 Å². The summed E-state index contributed by atoms with van der Waals surface area (Å²) < 4.78 is 19.5. The zero-order valence-corrected chi connectivity index (χ0v) is 19.2. The molecular formula is C24H21FN4O4S. The molecule has 0 radical (unpaired) electrons. The van der Waals surface area contributed by atoms with Crippen molar-refractivity contribution < 1.29 is 18.7 Å². The predicted molar refractivity (Wildman–Crippen MR) is 128 cm³/mol. The molecule has 10 heteroatoms. The monoisotopic (exact) mass is 480 g/mol. The number of aryl methyl sites for hydroxylation is 1. The average Bonchev–Trinajstić information content (AvgIpc) is 3.17. The van der Waals surface area contributed by atoms with E-state index >= 15 is 0 Å². The molecule has 0 bridgehead atoms. The number of hydrogen-bond acceptors (Lipinski definition) is 6. The van der Waals surface area contributed by atoms with Gasteiger partial charge in [-0.2, -0.15) is 0 Å². The second-order valence-electron chi connectivity index (χ2n) is 7.47. The van der Waals surface area contributed by atoms with E-state index in [4.69, 9.17) is 4.74 Å². The molecule has 34 heavy (non-hydrogen) atoms. The zero-order chi connectivity index (χ0) is 24.2. The minimum Gasteiger partial charge on any atom is -0.495 e. The molecule has 174 valence electrons. The maximum absolute atomic E-state index is 13.1. The highest BCUT2D eigenvalue weighted by molar-refractivity contribution is 7.20. The summed E-state index contributed by atoms with van der Waals surface area (Å²) in [5, 5.41) is 5.80. The number of rotatable bonds is 7. The van der Waals surface area contributed by atoms with Gasteiger partial charge in [0.05, 0.1) is 29.4 Å². The number of nitrogens with zero attached hydrogens (tertiary/aromatic N) is 2. The first-order valence-corrected chi connectivity index (χ1v) is 11.1. The summed E-state index contributed by atoms with van der Waals surface area (Å²) in [6.07, 6.45) is 1.29. The summed E-state index contributed by atoms with van der Waals surface area (Å²) in [7, 11) is 1.50. The van der Waals surface area contributed by atoms with Crippen molar-refractivity contribution in [1.29, 1.82) is 0 Å². The first-order chi connectivity index (χ1) is 16.4. The van der Waals surface area contributed by atoms with Crippen LogP contribution in [0, 0.1) is 12.7 Å². The van der Waals surface area contributed by atoms with Gasteiger partial charge in [0, 0.05) is 6.54 Å². The van der Waals surface area contributed by atoms with E-state index < -0.39 is 11.5 Å². The number of amides is 2. The van der Waals surface area contributed by atoms with Gasteiger partial charge < -0.3 is 15.4 Å². The highest BCUT2D eigenvalue weighted by Gasteiger charge is 2.20. The lowest BCUT2D eigenvalue weighted by Crippen LogP contribution is -2.28. The number of aromatic nitrogens is 2. The Morgan fingerprint density at radius 1 is 1.15 bits per heavy atom. The summed E-state index contributed by atoms with van der Waals surface area (Å²) in [6, 6.07) is 12.8. The number of carbonyl (C=O) groups is 2. The van der Waals surface area contributed by atoms with Crippen molar-refractivity contribution in [3.8, 4) is 5.75 Å². The van der Waals surface area contributed by atoms with Gasteiger partial charge in [-0.1, -0.05) is 24.3 Å². The molecule has 0 fully saturated rings. The van der Waals surface area contributed by atoms with E-state index in [9.17, 15) is 18.8 Å². The van der Waals surface area contributed by atoms with Gasteiger partial charge in [0.2, 0.25) is 5.91 Å². The van der Waals surface area contributed by atoms with Gasteiger partial charge in [-0.3, -0.25) is 19.0 Å². The zero-order valence-electron chi connectivity index (χ0n) is 18.4. The minimum absolute atomic E-state index is 0.216. The predicted octanol–water partition coefficient (Wildman–Crippen LogP) is 3.48. The van der Waals surface area contributed by atoms with Crippen LogP contribution in [0.4, 0.5) is 10.1 Å². The first-order valence-electron chi connectivity index (χ1n) is 10.3. The van der Waals surface area contributed by atoms with Crippen molar-refractivity contribution in [1.82, 2.24) is 14.9 Å². The van der Waals surface area contributed by atoms with E-state index in [0.29, 0.717) is 32.1 Å². The molecule has 0 saturated carbocycles. The number of para-hydroxylation sites is 2. The van der Waals surface area contributed by atoms with Crippen LogP contribution in [0.15, 0.2) is 59.7 Å². The SMILES string of the molecule is COc1ccccc1NC(=O)Cn1cnc2sc(C(=O)NCc3ccc(F)cc3)c(C)c2c1=O. The van der Waals surface area contributed by atoms with Crippen molar-refractivity contribution >= 4 is 39.1 Å². The number of thiophene rings is 1. The molecule has 8 nitrogen and oxygen atoms in total. The van der Waals surface area contributed by atoms with E-state index in [1.165, 1.54) is 30.1 Å². The van der Waals surface area contributed by atoms with E-state index in [-0.39, 0.29) is 24.8 Å². The number of halogens is 1. The van der Waals surface area contributed by atoms with Gasteiger partial charge in [0.1, 0.15) is 22.9 Å². The Bertz CT molecular complexity index is 1430. The lowest BCUT2D eigenvalue weighted by Gasteiger charge is -2.10. The lowest BCUT2D eigenvalue weighted by atomic mass is 10.2. The van der Waals surface area contributed by atoms with Crippen LogP contribution in [0.2, 0.25) is 0 Å². The van der Waals surface area contributed by atoms with Crippen LogP contribution in [0.25, 0.3) is 10.2 Å². The second kappa shape index (κ2) is 9.84. The van der Waals surface area contributed by atoms with Gasteiger partial charge >= 0.3 is 0 Å². The van der Waals surface area contributed by atoms with E-state index in [1.54, 1.807) is 43.3 Å². The summed E-state index contributed by atoms with van der Waals surface area (Å²) in [5.74, 6) is -0.626. The molecule has 2 N–H and O–H groups in total. The van der Waals surface area contributed by atoms with Crippen LogP contribution in [0.3, 0.4) is 0 Å². The fraction of sp³-hybridized carbons (Fsp3) is 0.167. The first kappa shape index (κ1) is 23.1. The number of methoxy groups -OCH3 is 1.